The van der Waals surface area contributed by atoms with Gasteiger partial charge in [-0.15, -0.1) is 0 Å². The molecule has 2 N–H and O–H groups in total. The van der Waals surface area contributed by atoms with Crippen molar-refractivity contribution in [2.75, 3.05) is 5.73 Å². The van der Waals surface area contributed by atoms with Gasteiger partial charge in [0.05, 0.1) is 0 Å². The van der Waals surface area contributed by atoms with Crippen molar-refractivity contribution in [3.8, 4) is 11.3 Å². The number of hydrogen-bond acceptors (Lipinski definition) is 3. The molecule has 0 saturated carbocycles. The van der Waals surface area contributed by atoms with Gasteiger partial charge in [0, 0.05) is 18.2 Å². The minimum Gasteiger partial charge on any atom is -0.453 e. The number of carbonyl (C=O) groups excluding carboxylic acids is 1. The highest BCUT2D eigenvalue weighted by Gasteiger charge is 2.07. The summed E-state index contributed by atoms with van der Waals surface area (Å²) in [6.45, 7) is 1.48. The molecule has 1 aromatic carbocycles. The Morgan fingerprint density at radius 3 is 2.33 bits per heavy atom. The van der Waals surface area contributed by atoms with Crippen LogP contribution in [-0.2, 0) is 0 Å². The number of furan rings is 1. The molecule has 1 aromatic heterocycles. The zero-order valence-corrected chi connectivity index (χ0v) is 8.36. The number of benzene rings is 1. The predicted octanol–water partition coefficient (Wildman–Crippen LogP) is 2.73. The molecule has 76 valence electrons. The molecule has 3 nitrogen and oxygen atoms in total. The van der Waals surface area contributed by atoms with Gasteiger partial charge in [0.1, 0.15) is 5.76 Å². The smallest absolute Gasteiger partial charge is 0.194 e. The van der Waals surface area contributed by atoms with Crippen LogP contribution in [0.2, 0.25) is 0 Å². The van der Waals surface area contributed by atoms with Crippen LogP contribution in [0.25, 0.3) is 11.3 Å². The molecule has 0 aliphatic heterocycles. The van der Waals surface area contributed by atoms with Crippen LogP contribution in [0.3, 0.4) is 0 Å². The fraction of sp³-hybridized carbons (Fsp3) is 0.0833. The van der Waals surface area contributed by atoms with Crippen molar-refractivity contribution in [1.82, 2.24) is 0 Å². The van der Waals surface area contributed by atoms with Crippen LogP contribution in [-0.4, -0.2) is 5.78 Å². The maximum atomic E-state index is 11.0. The van der Waals surface area contributed by atoms with Gasteiger partial charge in [-0.3, -0.25) is 4.79 Å². The van der Waals surface area contributed by atoms with Crippen molar-refractivity contribution in [1.29, 1.82) is 0 Å². The molecule has 15 heavy (non-hydrogen) atoms. The standard InChI is InChI=1S/C12H11NO2/c1-8(14)11-6-7-12(15-11)9-2-4-10(13)5-3-9/h2-7H,13H2,1H3. The molecule has 2 rings (SSSR count). The maximum Gasteiger partial charge on any atom is 0.194 e. The lowest BCUT2D eigenvalue weighted by molar-refractivity contribution is 0.0988. The number of ketones is 1. The van der Waals surface area contributed by atoms with Gasteiger partial charge in [0.25, 0.3) is 0 Å². The maximum absolute atomic E-state index is 11.0. The van der Waals surface area contributed by atoms with E-state index in [0.29, 0.717) is 17.2 Å². The summed E-state index contributed by atoms with van der Waals surface area (Å²) in [4.78, 5) is 11.0. The van der Waals surface area contributed by atoms with Crippen molar-refractivity contribution < 1.29 is 9.21 Å². The number of anilines is 1. The van der Waals surface area contributed by atoms with Crippen molar-refractivity contribution in [3.05, 3.63) is 42.2 Å². The predicted molar refractivity (Wildman–Crippen MR) is 58.6 cm³/mol. The van der Waals surface area contributed by atoms with Crippen LogP contribution in [0.15, 0.2) is 40.8 Å². The highest BCUT2D eigenvalue weighted by atomic mass is 16.3. The second-order valence-corrected chi connectivity index (χ2v) is 3.34. The molecular formula is C12H11NO2. The minimum absolute atomic E-state index is 0.0725. The van der Waals surface area contributed by atoms with E-state index < -0.39 is 0 Å². The molecule has 1 heterocycles. The molecule has 0 unspecified atom stereocenters. The second-order valence-electron chi connectivity index (χ2n) is 3.34. The third-order valence-electron chi connectivity index (χ3n) is 2.15. The largest absolute Gasteiger partial charge is 0.453 e. The Labute approximate surface area is 87.5 Å². The second kappa shape index (κ2) is 3.61. The van der Waals surface area contributed by atoms with Gasteiger partial charge in [0.2, 0.25) is 0 Å². The number of Topliss-reactive ketones (excluding diaryl/α,β-unsaturated/α-hetero) is 1. The molecule has 0 fully saturated rings. The quantitative estimate of drug-likeness (QED) is 0.600. The van der Waals surface area contributed by atoms with E-state index in [1.54, 1.807) is 24.3 Å². The number of nitrogen functional groups attached to an aromatic ring is 1. The molecule has 0 bridgehead atoms. The molecule has 0 atom stereocenters. The average Bonchev–Trinajstić information content (AvgIpc) is 2.68. The Morgan fingerprint density at radius 2 is 1.80 bits per heavy atom. The Morgan fingerprint density at radius 1 is 1.13 bits per heavy atom. The van der Waals surface area contributed by atoms with Crippen molar-refractivity contribution in [2.45, 2.75) is 6.92 Å². The molecule has 0 amide bonds. The van der Waals surface area contributed by atoms with Crippen LogP contribution in [0, 0.1) is 0 Å². The van der Waals surface area contributed by atoms with E-state index in [2.05, 4.69) is 0 Å². The van der Waals surface area contributed by atoms with Gasteiger partial charge in [-0.2, -0.15) is 0 Å². The summed E-state index contributed by atoms with van der Waals surface area (Å²) in [5, 5.41) is 0. The zero-order chi connectivity index (χ0) is 10.8. The molecular weight excluding hydrogens is 190 g/mol. The van der Waals surface area contributed by atoms with Gasteiger partial charge in [0.15, 0.2) is 11.5 Å². The lowest BCUT2D eigenvalue weighted by Gasteiger charge is -1.97. The van der Waals surface area contributed by atoms with Crippen LogP contribution >= 0.6 is 0 Å². The zero-order valence-electron chi connectivity index (χ0n) is 8.36. The molecule has 0 aliphatic rings. The van der Waals surface area contributed by atoms with E-state index in [9.17, 15) is 4.79 Å². The van der Waals surface area contributed by atoms with Crippen LogP contribution in [0.5, 0.6) is 0 Å². The average molecular weight is 201 g/mol. The number of nitrogens with two attached hydrogens (primary N) is 1. The fourth-order valence-corrected chi connectivity index (χ4v) is 1.33. The van der Waals surface area contributed by atoms with Crippen molar-refractivity contribution in [3.63, 3.8) is 0 Å². The summed E-state index contributed by atoms with van der Waals surface area (Å²) in [5.41, 5.74) is 7.19. The highest BCUT2D eigenvalue weighted by Crippen LogP contribution is 2.23. The summed E-state index contributed by atoms with van der Waals surface area (Å²) in [6.07, 6.45) is 0. The van der Waals surface area contributed by atoms with E-state index in [-0.39, 0.29) is 5.78 Å². The Hall–Kier alpha value is -2.03. The van der Waals surface area contributed by atoms with Gasteiger partial charge < -0.3 is 10.2 Å². The summed E-state index contributed by atoms with van der Waals surface area (Å²) in [5.74, 6) is 0.985. The molecule has 3 heteroatoms. The minimum atomic E-state index is -0.0725. The highest BCUT2D eigenvalue weighted by molar-refractivity contribution is 5.91. The number of hydrogen-bond donors (Lipinski definition) is 1. The van der Waals surface area contributed by atoms with Gasteiger partial charge in [-0.05, 0) is 36.4 Å². The topological polar surface area (TPSA) is 56.2 Å². The number of rotatable bonds is 2. The van der Waals surface area contributed by atoms with Gasteiger partial charge in [-0.25, -0.2) is 0 Å². The lowest BCUT2D eigenvalue weighted by Crippen LogP contribution is -1.86. The van der Waals surface area contributed by atoms with E-state index in [1.807, 2.05) is 12.1 Å². The van der Waals surface area contributed by atoms with Crippen LogP contribution in [0.1, 0.15) is 17.5 Å². The summed E-state index contributed by atoms with van der Waals surface area (Å²) in [6, 6.07) is 10.8. The Kier molecular flexibility index (Phi) is 2.29. The van der Waals surface area contributed by atoms with E-state index in [4.69, 9.17) is 10.2 Å². The van der Waals surface area contributed by atoms with Crippen LogP contribution < -0.4 is 5.73 Å². The first kappa shape index (κ1) is 9.52. The van der Waals surface area contributed by atoms with E-state index >= 15 is 0 Å². The SMILES string of the molecule is CC(=O)c1ccc(-c2ccc(N)cc2)o1. The molecule has 2 aromatic rings. The van der Waals surface area contributed by atoms with Gasteiger partial charge >= 0.3 is 0 Å². The fourth-order valence-electron chi connectivity index (χ4n) is 1.33. The van der Waals surface area contributed by atoms with Crippen molar-refractivity contribution >= 4 is 11.5 Å². The first-order valence-corrected chi connectivity index (χ1v) is 4.63. The van der Waals surface area contributed by atoms with Gasteiger partial charge in [-0.1, -0.05) is 0 Å². The Balaban J connectivity index is 2.37. The molecule has 0 saturated heterocycles. The third-order valence-corrected chi connectivity index (χ3v) is 2.15. The normalized spacial score (nSPS) is 10.2. The monoisotopic (exact) mass is 201 g/mol. The summed E-state index contributed by atoms with van der Waals surface area (Å²) in [7, 11) is 0. The lowest BCUT2D eigenvalue weighted by atomic mass is 10.1. The first-order valence-electron chi connectivity index (χ1n) is 4.63. The van der Waals surface area contributed by atoms with Crippen molar-refractivity contribution in [2.24, 2.45) is 0 Å². The number of carbonyl (C=O) groups is 1. The molecule has 0 radical (unpaired) electrons. The molecule has 0 aliphatic carbocycles. The Bertz CT molecular complexity index is 483. The van der Waals surface area contributed by atoms with Crippen LogP contribution in [0.4, 0.5) is 5.69 Å². The van der Waals surface area contributed by atoms with E-state index in [1.165, 1.54) is 6.92 Å². The third kappa shape index (κ3) is 1.91. The molecule has 0 spiro atoms. The summed E-state index contributed by atoms with van der Waals surface area (Å²) >= 11 is 0. The van der Waals surface area contributed by atoms with E-state index in [0.717, 1.165) is 5.56 Å². The first-order chi connectivity index (χ1) is 7.16. The summed E-state index contributed by atoms with van der Waals surface area (Å²) < 4.78 is 5.38.